The fourth-order valence-corrected chi connectivity index (χ4v) is 2.52. The van der Waals surface area contributed by atoms with Gasteiger partial charge in [0.1, 0.15) is 0 Å². The number of hydrogen-bond donors (Lipinski definition) is 1. The Labute approximate surface area is 85.8 Å². The molecule has 2 heterocycles. The van der Waals surface area contributed by atoms with E-state index in [0.29, 0.717) is 17.2 Å². The van der Waals surface area contributed by atoms with Gasteiger partial charge in [-0.05, 0) is 17.9 Å². The van der Waals surface area contributed by atoms with E-state index in [1.807, 2.05) is 4.90 Å². The molecule has 0 spiro atoms. The lowest BCUT2D eigenvalue weighted by Gasteiger charge is -2.47. The molecule has 1 amide bonds. The van der Waals surface area contributed by atoms with Crippen LogP contribution in [-0.4, -0.2) is 37.0 Å². The maximum Gasteiger partial charge on any atom is 0.227 e. The minimum absolute atomic E-state index is 0.228. The van der Waals surface area contributed by atoms with Crippen molar-refractivity contribution >= 4 is 5.91 Å². The molecule has 3 nitrogen and oxygen atoms in total. The fourth-order valence-electron chi connectivity index (χ4n) is 2.52. The van der Waals surface area contributed by atoms with Crippen molar-refractivity contribution in [3.8, 4) is 0 Å². The molecule has 0 aliphatic carbocycles. The Kier molecular flexibility index (Phi) is 2.30. The van der Waals surface area contributed by atoms with Gasteiger partial charge in [0.25, 0.3) is 0 Å². The SMILES string of the molecule is C[C@@H]1CNC[C@H]1C(=O)N1CC(C)(C)C1. The van der Waals surface area contributed by atoms with Crippen molar-refractivity contribution in [2.45, 2.75) is 20.8 Å². The Morgan fingerprint density at radius 1 is 1.36 bits per heavy atom. The van der Waals surface area contributed by atoms with Gasteiger partial charge in [0, 0.05) is 19.6 Å². The van der Waals surface area contributed by atoms with Crippen molar-refractivity contribution in [2.24, 2.45) is 17.3 Å². The standard InChI is InChI=1S/C11H20N2O/c1-8-4-12-5-9(8)10(14)13-6-11(2,3)7-13/h8-9,12H,4-7H2,1-3H3/t8-,9-/m1/s1. The first kappa shape index (κ1) is 9.97. The van der Waals surface area contributed by atoms with Crippen molar-refractivity contribution < 1.29 is 4.79 Å². The molecule has 0 aromatic carbocycles. The van der Waals surface area contributed by atoms with Gasteiger partial charge < -0.3 is 10.2 Å². The number of amides is 1. The first-order chi connectivity index (χ1) is 6.49. The highest BCUT2D eigenvalue weighted by Crippen LogP contribution is 2.31. The molecule has 2 saturated heterocycles. The molecule has 1 N–H and O–H groups in total. The van der Waals surface area contributed by atoms with E-state index in [4.69, 9.17) is 0 Å². The molecule has 2 aliphatic rings. The summed E-state index contributed by atoms with van der Waals surface area (Å²) in [6.07, 6.45) is 0. The second kappa shape index (κ2) is 3.23. The highest BCUT2D eigenvalue weighted by molar-refractivity contribution is 5.80. The van der Waals surface area contributed by atoms with E-state index in [0.717, 1.165) is 26.2 Å². The average molecular weight is 196 g/mol. The minimum atomic E-state index is 0.228. The Morgan fingerprint density at radius 2 is 2.00 bits per heavy atom. The van der Waals surface area contributed by atoms with Crippen LogP contribution in [0, 0.1) is 17.3 Å². The molecular weight excluding hydrogens is 176 g/mol. The van der Waals surface area contributed by atoms with Crippen LogP contribution in [0.15, 0.2) is 0 Å². The van der Waals surface area contributed by atoms with Gasteiger partial charge in [-0.1, -0.05) is 20.8 Å². The van der Waals surface area contributed by atoms with E-state index in [2.05, 4.69) is 26.1 Å². The van der Waals surface area contributed by atoms with Crippen molar-refractivity contribution in [1.82, 2.24) is 10.2 Å². The molecule has 3 heteroatoms. The van der Waals surface area contributed by atoms with Crippen LogP contribution in [0.5, 0.6) is 0 Å². The Balaban J connectivity index is 1.90. The van der Waals surface area contributed by atoms with Crippen LogP contribution in [0.25, 0.3) is 0 Å². The summed E-state index contributed by atoms with van der Waals surface area (Å²) in [7, 11) is 0. The molecule has 0 bridgehead atoms. The predicted molar refractivity (Wildman–Crippen MR) is 55.9 cm³/mol. The third-order valence-electron chi connectivity index (χ3n) is 3.38. The Bertz CT molecular complexity index is 242. The predicted octanol–water partition coefficient (Wildman–Crippen LogP) is 0.710. The highest BCUT2D eigenvalue weighted by atomic mass is 16.2. The molecule has 14 heavy (non-hydrogen) atoms. The molecule has 0 radical (unpaired) electrons. The first-order valence-corrected chi connectivity index (χ1v) is 5.49. The zero-order valence-electron chi connectivity index (χ0n) is 9.34. The summed E-state index contributed by atoms with van der Waals surface area (Å²) in [5, 5.41) is 3.28. The van der Waals surface area contributed by atoms with Crippen LogP contribution < -0.4 is 5.32 Å². The lowest BCUT2D eigenvalue weighted by Crippen LogP contribution is -2.57. The molecule has 2 rings (SSSR count). The van der Waals surface area contributed by atoms with Crippen molar-refractivity contribution in [3.63, 3.8) is 0 Å². The van der Waals surface area contributed by atoms with Crippen LogP contribution in [0.4, 0.5) is 0 Å². The number of likely N-dealkylation sites (tertiary alicyclic amines) is 1. The van der Waals surface area contributed by atoms with Crippen LogP contribution in [0.1, 0.15) is 20.8 Å². The molecule has 0 unspecified atom stereocenters. The number of hydrogen-bond acceptors (Lipinski definition) is 2. The summed E-state index contributed by atoms with van der Waals surface area (Å²) >= 11 is 0. The molecule has 0 aromatic rings. The second-order valence-corrected chi connectivity index (χ2v) is 5.60. The van der Waals surface area contributed by atoms with Gasteiger partial charge in [0.2, 0.25) is 5.91 Å². The molecule has 2 atom stereocenters. The monoisotopic (exact) mass is 196 g/mol. The maximum atomic E-state index is 12.0. The zero-order chi connectivity index (χ0) is 10.3. The third kappa shape index (κ3) is 1.65. The quantitative estimate of drug-likeness (QED) is 0.670. The van der Waals surface area contributed by atoms with Gasteiger partial charge >= 0.3 is 0 Å². The van der Waals surface area contributed by atoms with Crippen LogP contribution >= 0.6 is 0 Å². The molecule has 0 aromatic heterocycles. The third-order valence-corrected chi connectivity index (χ3v) is 3.38. The zero-order valence-corrected chi connectivity index (χ0v) is 9.34. The maximum absolute atomic E-state index is 12.0. The van der Waals surface area contributed by atoms with E-state index in [-0.39, 0.29) is 5.92 Å². The van der Waals surface area contributed by atoms with E-state index in [1.165, 1.54) is 0 Å². The summed E-state index contributed by atoms with van der Waals surface area (Å²) in [5.41, 5.74) is 0.352. The van der Waals surface area contributed by atoms with Crippen molar-refractivity contribution in [3.05, 3.63) is 0 Å². The van der Waals surface area contributed by atoms with Gasteiger partial charge in [-0.3, -0.25) is 4.79 Å². The summed E-state index contributed by atoms with van der Waals surface area (Å²) in [5.74, 6) is 1.10. The lowest BCUT2D eigenvalue weighted by molar-refractivity contribution is -0.146. The number of nitrogens with zero attached hydrogens (tertiary/aromatic N) is 1. The van der Waals surface area contributed by atoms with Gasteiger partial charge in [-0.25, -0.2) is 0 Å². The van der Waals surface area contributed by atoms with Crippen molar-refractivity contribution in [2.75, 3.05) is 26.2 Å². The minimum Gasteiger partial charge on any atom is -0.341 e. The first-order valence-electron chi connectivity index (χ1n) is 5.49. The normalized spacial score (nSPS) is 35.5. The lowest BCUT2D eigenvalue weighted by atomic mass is 9.82. The summed E-state index contributed by atoms with van der Waals surface area (Å²) in [6.45, 7) is 10.3. The van der Waals surface area contributed by atoms with Gasteiger partial charge in [0.15, 0.2) is 0 Å². The van der Waals surface area contributed by atoms with E-state index >= 15 is 0 Å². The molecule has 80 valence electrons. The molecule has 2 aliphatic heterocycles. The van der Waals surface area contributed by atoms with Gasteiger partial charge in [0.05, 0.1) is 5.92 Å². The van der Waals surface area contributed by atoms with Gasteiger partial charge in [-0.15, -0.1) is 0 Å². The fraction of sp³-hybridized carbons (Fsp3) is 0.909. The van der Waals surface area contributed by atoms with Crippen molar-refractivity contribution in [1.29, 1.82) is 0 Å². The Hall–Kier alpha value is -0.570. The number of nitrogens with one attached hydrogen (secondary N) is 1. The number of rotatable bonds is 1. The summed E-state index contributed by atoms with van der Waals surface area (Å²) in [6, 6.07) is 0. The largest absolute Gasteiger partial charge is 0.341 e. The number of carbonyl (C=O) groups excluding carboxylic acids is 1. The second-order valence-electron chi connectivity index (χ2n) is 5.60. The average Bonchev–Trinajstić information content (AvgIpc) is 2.45. The van der Waals surface area contributed by atoms with Gasteiger partial charge in [-0.2, -0.15) is 0 Å². The van der Waals surface area contributed by atoms with E-state index in [9.17, 15) is 4.79 Å². The van der Waals surface area contributed by atoms with Crippen LogP contribution in [-0.2, 0) is 4.79 Å². The summed E-state index contributed by atoms with van der Waals surface area (Å²) in [4.78, 5) is 14.0. The number of carbonyl (C=O) groups is 1. The topological polar surface area (TPSA) is 32.3 Å². The van der Waals surface area contributed by atoms with Crippen LogP contribution in [0.2, 0.25) is 0 Å². The molecular formula is C11H20N2O. The van der Waals surface area contributed by atoms with E-state index < -0.39 is 0 Å². The Morgan fingerprint density at radius 3 is 2.43 bits per heavy atom. The summed E-state index contributed by atoms with van der Waals surface area (Å²) < 4.78 is 0. The van der Waals surface area contributed by atoms with E-state index in [1.54, 1.807) is 0 Å². The molecule has 0 saturated carbocycles. The molecule has 2 fully saturated rings. The van der Waals surface area contributed by atoms with Crippen LogP contribution in [0.3, 0.4) is 0 Å². The highest BCUT2D eigenvalue weighted by Gasteiger charge is 2.41. The smallest absolute Gasteiger partial charge is 0.227 e.